The highest BCUT2D eigenvalue weighted by molar-refractivity contribution is 5.66. The van der Waals surface area contributed by atoms with Gasteiger partial charge in [0.2, 0.25) is 0 Å². The Kier molecular flexibility index (Phi) is 3.90. The molecule has 2 rings (SSSR count). The molecule has 19 heavy (non-hydrogen) atoms. The first-order chi connectivity index (χ1) is 9.11. The number of nitrogen functional groups attached to an aromatic ring is 1. The third-order valence-electron chi connectivity index (χ3n) is 3.10. The van der Waals surface area contributed by atoms with Gasteiger partial charge in [-0.05, 0) is 36.2 Å². The SMILES string of the molecule is COc1cccc(CN(C)c2nccc(C)c2N)c1. The van der Waals surface area contributed by atoms with Crippen molar-refractivity contribution < 1.29 is 4.74 Å². The van der Waals surface area contributed by atoms with Crippen molar-refractivity contribution in [3.8, 4) is 5.75 Å². The zero-order chi connectivity index (χ0) is 13.8. The third-order valence-corrected chi connectivity index (χ3v) is 3.10. The zero-order valence-electron chi connectivity index (χ0n) is 11.6. The zero-order valence-corrected chi connectivity index (χ0v) is 11.6. The van der Waals surface area contributed by atoms with Crippen molar-refractivity contribution in [1.29, 1.82) is 0 Å². The van der Waals surface area contributed by atoms with Crippen LogP contribution < -0.4 is 15.4 Å². The summed E-state index contributed by atoms with van der Waals surface area (Å²) < 4.78 is 5.23. The average molecular weight is 257 g/mol. The Morgan fingerprint density at radius 2 is 2.11 bits per heavy atom. The fourth-order valence-electron chi connectivity index (χ4n) is 1.98. The van der Waals surface area contributed by atoms with Gasteiger partial charge in [-0.2, -0.15) is 0 Å². The van der Waals surface area contributed by atoms with Crippen molar-refractivity contribution in [1.82, 2.24) is 4.98 Å². The van der Waals surface area contributed by atoms with Crippen molar-refractivity contribution in [3.63, 3.8) is 0 Å². The molecule has 0 radical (unpaired) electrons. The monoisotopic (exact) mass is 257 g/mol. The first-order valence-electron chi connectivity index (χ1n) is 6.17. The smallest absolute Gasteiger partial charge is 0.152 e. The number of methoxy groups -OCH3 is 1. The maximum atomic E-state index is 6.06. The van der Waals surface area contributed by atoms with Crippen LogP contribution in [0.3, 0.4) is 0 Å². The molecule has 1 aromatic carbocycles. The predicted molar refractivity (Wildman–Crippen MR) is 78.5 cm³/mol. The first kappa shape index (κ1) is 13.2. The minimum absolute atomic E-state index is 0.730. The molecule has 0 aliphatic rings. The van der Waals surface area contributed by atoms with Crippen LogP contribution in [0.2, 0.25) is 0 Å². The Balaban J connectivity index is 2.20. The largest absolute Gasteiger partial charge is 0.497 e. The number of ether oxygens (including phenoxy) is 1. The summed E-state index contributed by atoms with van der Waals surface area (Å²) in [6.45, 7) is 2.72. The van der Waals surface area contributed by atoms with Gasteiger partial charge >= 0.3 is 0 Å². The fourth-order valence-corrected chi connectivity index (χ4v) is 1.98. The number of benzene rings is 1. The van der Waals surface area contributed by atoms with Crippen LogP contribution in [0.5, 0.6) is 5.75 Å². The van der Waals surface area contributed by atoms with Gasteiger partial charge < -0.3 is 15.4 Å². The lowest BCUT2D eigenvalue weighted by Gasteiger charge is -2.21. The lowest BCUT2D eigenvalue weighted by Crippen LogP contribution is -2.19. The van der Waals surface area contributed by atoms with Gasteiger partial charge in [-0.1, -0.05) is 12.1 Å². The molecule has 0 bridgehead atoms. The molecule has 1 aromatic heterocycles. The molecule has 4 heteroatoms. The van der Waals surface area contributed by atoms with Gasteiger partial charge in [-0.3, -0.25) is 0 Å². The topological polar surface area (TPSA) is 51.4 Å². The molecule has 0 aliphatic heterocycles. The molecule has 100 valence electrons. The second kappa shape index (κ2) is 5.61. The van der Waals surface area contributed by atoms with Gasteiger partial charge in [0.05, 0.1) is 12.8 Å². The van der Waals surface area contributed by atoms with Gasteiger partial charge in [-0.15, -0.1) is 0 Å². The van der Waals surface area contributed by atoms with E-state index in [0.29, 0.717) is 0 Å². The van der Waals surface area contributed by atoms with Crippen LogP contribution >= 0.6 is 0 Å². The van der Waals surface area contributed by atoms with E-state index >= 15 is 0 Å². The Hall–Kier alpha value is -2.23. The molecule has 0 fully saturated rings. The number of aromatic nitrogens is 1. The second-order valence-corrected chi connectivity index (χ2v) is 4.57. The van der Waals surface area contributed by atoms with Crippen LogP contribution in [0.25, 0.3) is 0 Å². The summed E-state index contributed by atoms with van der Waals surface area (Å²) in [5.41, 5.74) is 8.99. The van der Waals surface area contributed by atoms with Gasteiger partial charge in [0.25, 0.3) is 0 Å². The normalized spacial score (nSPS) is 10.3. The van der Waals surface area contributed by atoms with Crippen LogP contribution in [0.4, 0.5) is 11.5 Å². The van der Waals surface area contributed by atoms with E-state index in [2.05, 4.69) is 11.1 Å². The Bertz CT molecular complexity index is 569. The fraction of sp³-hybridized carbons (Fsp3) is 0.267. The summed E-state index contributed by atoms with van der Waals surface area (Å²) in [4.78, 5) is 6.39. The standard InChI is InChI=1S/C15H19N3O/c1-11-7-8-17-15(14(11)16)18(2)10-12-5-4-6-13(9-12)19-3/h4-9H,10,16H2,1-3H3. The van der Waals surface area contributed by atoms with Crippen molar-refractivity contribution >= 4 is 11.5 Å². The quantitative estimate of drug-likeness (QED) is 0.914. The summed E-state index contributed by atoms with van der Waals surface area (Å²) in [5.74, 6) is 1.67. The maximum absolute atomic E-state index is 6.06. The van der Waals surface area contributed by atoms with E-state index in [1.165, 1.54) is 0 Å². The van der Waals surface area contributed by atoms with E-state index in [4.69, 9.17) is 10.5 Å². The minimum atomic E-state index is 0.730. The number of nitrogens with two attached hydrogens (primary N) is 1. The average Bonchev–Trinajstić information content (AvgIpc) is 2.42. The van der Waals surface area contributed by atoms with Crippen LogP contribution in [0, 0.1) is 6.92 Å². The summed E-state index contributed by atoms with van der Waals surface area (Å²) in [6.07, 6.45) is 1.78. The van der Waals surface area contributed by atoms with Crippen LogP contribution in [0.1, 0.15) is 11.1 Å². The van der Waals surface area contributed by atoms with Crippen molar-refractivity contribution in [2.45, 2.75) is 13.5 Å². The molecule has 2 aromatic rings. The Morgan fingerprint density at radius 1 is 1.32 bits per heavy atom. The van der Waals surface area contributed by atoms with Crippen molar-refractivity contribution in [2.75, 3.05) is 24.8 Å². The van der Waals surface area contributed by atoms with Crippen LogP contribution in [-0.4, -0.2) is 19.1 Å². The number of pyridine rings is 1. The summed E-state index contributed by atoms with van der Waals surface area (Å²) in [7, 11) is 3.65. The highest BCUT2D eigenvalue weighted by Gasteiger charge is 2.09. The van der Waals surface area contributed by atoms with Gasteiger partial charge in [0.15, 0.2) is 5.82 Å². The van der Waals surface area contributed by atoms with Gasteiger partial charge in [-0.25, -0.2) is 4.98 Å². The summed E-state index contributed by atoms with van der Waals surface area (Å²) in [5, 5.41) is 0. The Labute approximate surface area is 113 Å². The molecule has 4 nitrogen and oxygen atoms in total. The van der Waals surface area contributed by atoms with E-state index in [-0.39, 0.29) is 0 Å². The third kappa shape index (κ3) is 2.96. The molecule has 0 aliphatic carbocycles. The van der Waals surface area contributed by atoms with E-state index < -0.39 is 0 Å². The summed E-state index contributed by atoms with van der Waals surface area (Å²) in [6, 6.07) is 9.91. The Morgan fingerprint density at radius 3 is 2.84 bits per heavy atom. The maximum Gasteiger partial charge on any atom is 0.152 e. The second-order valence-electron chi connectivity index (χ2n) is 4.57. The van der Waals surface area contributed by atoms with Gasteiger partial charge in [0, 0.05) is 19.8 Å². The number of nitrogens with zero attached hydrogens (tertiary/aromatic N) is 2. The van der Waals surface area contributed by atoms with Crippen molar-refractivity contribution in [2.24, 2.45) is 0 Å². The molecule has 0 amide bonds. The lowest BCUT2D eigenvalue weighted by molar-refractivity contribution is 0.414. The number of anilines is 2. The highest BCUT2D eigenvalue weighted by Crippen LogP contribution is 2.24. The molecule has 0 saturated heterocycles. The predicted octanol–water partition coefficient (Wildman–Crippen LogP) is 2.62. The van der Waals surface area contributed by atoms with Gasteiger partial charge in [0.1, 0.15) is 5.75 Å². The molecular weight excluding hydrogens is 238 g/mol. The highest BCUT2D eigenvalue weighted by atomic mass is 16.5. The number of hydrogen-bond donors (Lipinski definition) is 1. The minimum Gasteiger partial charge on any atom is -0.497 e. The number of aryl methyl sites for hydroxylation is 1. The molecule has 1 heterocycles. The van der Waals surface area contributed by atoms with E-state index in [1.54, 1.807) is 13.3 Å². The summed E-state index contributed by atoms with van der Waals surface area (Å²) >= 11 is 0. The molecule has 0 atom stereocenters. The van der Waals surface area contributed by atoms with E-state index in [0.717, 1.165) is 34.9 Å². The van der Waals surface area contributed by atoms with E-state index in [1.807, 2.05) is 43.1 Å². The van der Waals surface area contributed by atoms with Crippen LogP contribution in [-0.2, 0) is 6.54 Å². The molecule has 0 unspecified atom stereocenters. The first-order valence-corrected chi connectivity index (χ1v) is 6.17. The molecular formula is C15H19N3O. The molecule has 0 saturated carbocycles. The van der Waals surface area contributed by atoms with E-state index in [9.17, 15) is 0 Å². The van der Waals surface area contributed by atoms with Crippen molar-refractivity contribution in [3.05, 3.63) is 47.7 Å². The lowest BCUT2D eigenvalue weighted by atomic mass is 10.2. The number of rotatable bonds is 4. The number of hydrogen-bond acceptors (Lipinski definition) is 4. The molecule has 2 N–H and O–H groups in total. The molecule has 0 spiro atoms. The van der Waals surface area contributed by atoms with Crippen LogP contribution in [0.15, 0.2) is 36.5 Å².